The van der Waals surface area contributed by atoms with E-state index in [9.17, 15) is 0 Å². The number of aromatic nitrogens is 1. The summed E-state index contributed by atoms with van der Waals surface area (Å²) in [6.07, 6.45) is 2.68. The molecular formula is C16H18Cl2N2O. The topological polar surface area (TPSA) is 34.1 Å². The first kappa shape index (κ1) is 15.9. The van der Waals surface area contributed by atoms with E-state index < -0.39 is 0 Å². The molecule has 5 heteroatoms. The Bertz CT molecular complexity index is 605. The molecule has 0 saturated heterocycles. The molecule has 21 heavy (non-hydrogen) atoms. The fourth-order valence-corrected chi connectivity index (χ4v) is 2.54. The number of anilines is 1. The fourth-order valence-electron chi connectivity index (χ4n) is 1.96. The largest absolute Gasteiger partial charge is 0.490 e. The lowest BCUT2D eigenvalue weighted by Crippen LogP contribution is -2.10. The highest BCUT2D eigenvalue weighted by molar-refractivity contribution is 6.35. The monoisotopic (exact) mass is 324 g/mol. The smallest absolute Gasteiger partial charge is 0.169 e. The molecule has 3 nitrogen and oxygen atoms in total. The van der Waals surface area contributed by atoms with Crippen LogP contribution in [0.1, 0.15) is 31.9 Å². The van der Waals surface area contributed by atoms with E-state index in [2.05, 4.69) is 17.2 Å². The minimum atomic E-state index is -0.00589. The number of nitrogens with one attached hydrogen (secondary N) is 1. The van der Waals surface area contributed by atoms with Crippen LogP contribution >= 0.6 is 23.2 Å². The quantitative estimate of drug-likeness (QED) is 0.777. The zero-order valence-corrected chi connectivity index (χ0v) is 13.6. The first-order valence-electron chi connectivity index (χ1n) is 6.91. The number of nitrogens with zero attached hydrogens (tertiary/aromatic N) is 1. The molecule has 1 N–H and O–H groups in total. The summed E-state index contributed by atoms with van der Waals surface area (Å²) in [6, 6.07) is 9.24. The van der Waals surface area contributed by atoms with Crippen molar-refractivity contribution in [3.8, 4) is 5.75 Å². The third-order valence-electron chi connectivity index (χ3n) is 3.01. The Morgan fingerprint density at radius 2 is 2.10 bits per heavy atom. The summed E-state index contributed by atoms with van der Waals surface area (Å²) in [5.74, 6) is 1.46. The molecule has 2 aromatic rings. The van der Waals surface area contributed by atoms with Crippen LogP contribution in [0.3, 0.4) is 0 Å². The highest BCUT2D eigenvalue weighted by Gasteiger charge is 2.13. The van der Waals surface area contributed by atoms with Crippen LogP contribution in [0.15, 0.2) is 36.5 Å². The Kier molecular flexibility index (Phi) is 5.71. The number of rotatable bonds is 6. The van der Waals surface area contributed by atoms with E-state index in [-0.39, 0.29) is 6.04 Å². The van der Waals surface area contributed by atoms with Crippen molar-refractivity contribution in [2.75, 3.05) is 11.9 Å². The fraction of sp³-hybridized carbons (Fsp3) is 0.312. The Balaban J connectivity index is 2.17. The lowest BCUT2D eigenvalue weighted by molar-refractivity contribution is 0.317. The van der Waals surface area contributed by atoms with E-state index in [1.54, 1.807) is 12.3 Å². The SMILES string of the molecule is CCCOc1cccnc1NC(C)c1ccc(Cl)cc1Cl. The lowest BCUT2D eigenvalue weighted by Gasteiger charge is -2.18. The molecule has 112 valence electrons. The van der Waals surface area contributed by atoms with Crippen LogP contribution < -0.4 is 10.1 Å². The third-order valence-corrected chi connectivity index (χ3v) is 3.58. The Morgan fingerprint density at radius 1 is 1.29 bits per heavy atom. The normalized spacial score (nSPS) is 12.0. The lowest BCUT2D eigenvalue weighted by atomic mass is 10.1. The first-order valence-corrected chi connectivity index (χ1v) is 7.66. The average Bonchev–Trinajstić information content (AvgIpc) is 2.46. The maximum atomic E-state index is 6.24. The Morgan fingerprint density at radius 3 is 2.81 bits per heavy atom. The highest BCUT2D eigenvalue weighted by Crippen LogP contribution is 2.30. The molecule has 0 bridgehead atoms. The summed E-state index contributed by atoms with van der Waals surface area (Å²) < 4.78 is 5.69. The zero-order valence-electron chi connectivity index (χ0n) is 12.1. The third kappa shape index (κ3) is 4.26. The molecule has 1 heterocycles. The van der Waals surface area contributed by atoms with Crippen LogP contribution in [0, 0.1) is 0 Å². The van der Waals surface area contributed by atoms with Gasteiger partial charge in [-0.2, -0.15) is 0 Å². The van der Waals surface area contributed by atoms with Gasteiger partial charge in [-0.1, -0.05) is 36.2 Å². The van der Waals surface area contributed by atoms with Gasteiger partial charge in [-0.3, -0.25) is 0 Å². The Labute approximate surface area is 135 Å². The molecule has 0 amide bonds. The number of pyridine rings is 1. The van der Waals surface area contributed by atoms with Gasteiger partial charge < -0.3 is 10.1 Å². The van der Waals surface area contributed by atoms with Crippen LogP contribution in [0.25, 0.3) is 0 Å². The van der Waals surface area contributed by atoms with Gasteiger partial charge in [-0.15, -0.1) is 0 Å². The zero-order chi connectivity index (χ0) is 15.2. The van der Waals surface area contributed by atoms with Crippen LogP contribution in [-0.2, 0) is 0 Å². The van der Waals surface area contributed by atoms with Gasteiger partial charge in [0.25, 0.3) is 0 Å². The molecule has 0 aliphatic carbocycles. The van der Waals surface area contributed by atoms with Crippen molar-refractivity contribution in [2.45, 2.75) is 26.3 Å². The number of halogens is 2. The minimum Gasteiger partial charge on any atom is -0.490 e. The summed E-state index contributed by atoms with van der Waals surface area (Å²) in [5, 5.41) is 4.59. The van der Waals surface area contributed by atoms with Crippen molar-refractivity contribution >= 4 is 29.0 Å². The molecule has 0 radical (unpaired) electrons. The van der Waals surface area contributed by atoms with Gasteiger partial charge >= 0.3 is 0 Å². The number of benzene rings is 1. The van der Waals surface area contributed by atoms with Gasteiger partial charge in [0, 0.05) is 16.2 Å². The van der Waals surface area contributed by atoms with Crippen molar-refractivity contribution in [1.82, 2.24) is 4.98 Å². The maximum Gasteiger partial charge on any atom is 0.169 e. The van der Waals surface area contributed by atoms with Crippen molar-refractivity contribution in [1.29, 1.82) is 0 Å². The molecule has 0 spiro atoms. The second kappa shape index (κ2) is 7.53. The molecule has 0 aliphatic rings. The number of ether oxygens (including phenoxy) is 1. The van der Waals surface area contributed by atoms with Gasteiger partial charge in [-0.25, -0.2) is 4.98 Å². The molecule has 0 fully saturated rings. The van der Waals surface area contributed by atoms with E-state index in [1.165, 1.54) is 0 Å². The van der Waals surface area contributed by atoms with E-state index in [4.69, 9.17) is 27.9 Å². The standard InChI is InChI=1S/C16H18Cl2N2O/c1-3-9-21-15-5-4-8-19-16(15)20-11(2)13-7-6-12(17)10-14(13)18/h4-8,10-11H,3,9H2,1-2H3,(H,19,20). The highest BCUT2D eigenvalue weighted by atomic mass is 35.5. The van der Waals surface area contributed by atoms with Gasteiger partial charge in [0.15, 0.2) is 11.6 Å². The van der Waals surface area contributed by atoms with Crippen LogP contribution in [0.2, 0.25) is 10.0 Å². The van der Waals surface area contributed by atoms with Crippen LogP contribution in [-0.4, -0.2) is 11.6 Å². The van der Waals surface area contributed by atoms with E-state index >= 15 is 0 Å². The Hall–Kier alpha value is -1.45. The van der Waals surface area contributed by atoms with Gasteiger partial charge in [0.05, 0.1) is 12.6 Å². The second-order valence-electron chi connectivity index (χ2n) is 4.73. The van der Waals surface area contributed by atoms with E-state index in [1.807, 2.05) is 31.2 Å². The number of hydrogen-bond acceptors (Lipinski definition) is 3. The number of hydrogen-bond donors (Lipinski definition) is 1. The molecule has 1 unspecified atom stereocenters. The van der Waals surface area contributed by atoms with Crippen molar-refractivity contribution in [3.63, 3.8) is 0 Å². The maximum absolute atomic E-state index is 6.24. The van der Waals surface area contributed by atoms with Gasteiger partial charge in [0.2, 0.25) is 0 Å². The minimum absolute atomic E-state index is 0.00589. The molecule has 1 aromatic carbocycles. The molecule has 0 saturated carbocycles. The summed E-state index contributed by atoms with van der Waals surface area (Å²) in [5.41, 5.74) is 0.966. The predicted molar refractivity (Wildman–Crippen MR) is 88.5 cm³/mol. The predicted octanol–water partition coefficient (Wildman–Crippen LogP) is 5.35. The van der Waals surface area contributed by atoms with Gasteiger partial charge in [0.1, 0.15) is 0 Å². The molecule has 2 rings (SSSR count). The molecule has 0 aliphatic heterocycles. The summed E-state index contributed by atoms with van der Waals surface area (Å²) in [6.45, 7) is 4.75. The van der Waals surface area contributed by atoms with Crippen molar-refractivity contribution in [3.05, 3.63) is 52.1 Å². The van der Waals surface area contributed by atoms with Crippen molar-refractivity contribution < 1.29 is 4.74 Å². The summed E-state index contributed by atoms with van der Waals surface area (Å²) in [7, 11) is 0. The molecule has 1 aromatic heterocycles. The second-order valence-corrected chi connectivity index (χ2v) is 5.57. The van der Waals surface area contributed by atoms with Gasteiger partial charge in [-0.05, 0) is 43.2 Å². The van der Waals surface area contributed by atoms with Crippen LogP contribution in [0.4, 0.5) is 5.82 Å². The molecular weight excluding hydrogens is 307 g/mol. The van der Waals surface area contributed by atoms with Crippen LogP contribution in [0.5, 0.6) is 5.75 Å². The van der Waals surface area contributed by atoms with E-state index in [0.29, 0.717) is 22.5 Å². The molecule has 1 atom stereocenters. The van der Waals surface area contributed by atoms with Crippen molar-refractivity contribution in [2.24, 2.45) is 0 Å². The summed E-state index contributed by atoms with van der Waals surface area (Å²) in [4.78, 5) is 4.34. The average molecular weight is 325 g/mol. The van der Waals surface area contributed by atoms with E-state index in [0.717, 1.165) is 17.7 Å². The summed E-state index contributed by atoms with van der Waals surface area (Å²) >= 11 is 12.2. The first-order chi connectivity index (χ1) is 10.1.